The van der Waals surface area contributed by atoms with Crippen LogP contribution < -0.4 is 10.5 Å². The van der Waals surface area contributed by atoms with Crippen molar-refractivity contribution >= 4 is 0 Å². The zero-order valence-corrected chi connectivity index (χ0v) is 11.8. The molecule has 1 aromatic carbocycles. The molecule has 2 aliphatic carbocycles. The maximum Gasteiger partial charge on any atom is 0.119 e. The third-order valence-corrected chi connectivity index (χ3v) is 5.10. The van der Waals surface area contributed by atoms with Crippen molar-refractivity contribution < 1.29 is 4.74 Å². The minimum Gasteiger partial charge on any atom is -0.493 e. The van der Waals surface area contributed by atoms with Gasteiger partial charge in [-0.25, -0.2) is 0 Å². The first-order chi connectivity index (χ1) is 9.26. The summed E-state index contributed by atoms with van der Waals surface area (Å²) >= 11 is 0. The zero-order valence-electron chi connectivity index (χ0n) is 11.8. The van der Waals surface area contributed by atoms with Crippen LogP contribution in [0.15, 0.2) is 24.3 Å². The average Bonchev–Trinajstić information content (AvgIpc) is 3.07. The zero-order chi connectivity index (χ0) is 13.2. The molecule has 0 heterocycles. The van der Waals surface area contributed by atoms with E-state index in [0.717, 1.165) is 36.5 Å². The van der Waals surface area contributed by atoms with Crippen molar-refractivity contribution in [2.75, 3.05) is 6.61 Å². The van der Waals surface area contributed by atoms with Gasteiger partial charge in [-0.15, -0.1) is 0 Å². The highest BCUT2D eigenvalue weighted by Gasteiger charge is 2.39. The van der Waals surface area contributed by atoms with Crippen LogP contribution in [-0.4, -0.2) is 6.61 Å². The van der Waals surface area contributed by atoms with E-state index >= 15 is 0 Å². The quantitative estimate of drug-likeness (QED) is 0.870. The molecule has 2 fully saturated rings. The molecular formula is C17H25NO. The molecule has 4 atom stereocenters. The summed E-state index contributed by atoms with van der Waals surface area (Å²) in [5.41, 5.74) is 7.22. The molecule has 0 amide bonds. The number of fused-ring (bicyclic) bond motifs is 2. The molecule has 1 aromatic rings. The van der Waals surface area contributed by atoms with Crippen LogP contribution in [0.3, 0.4) is 0 Å². The Morgan fingerprint density at radius 1 is 1.21 bits per heavy atom. The Hall–Kier alpha value is -1.02. The van der Waals surface area contributed by atoms with Gasteiger partial charge in [-0.3, -0.25) is 0 Å². The Kier molecular flexibility index (Phi) is 3.79. The third kappa shape index (κ3) is 2.79. The van der Waals surface area contributed by atoms with E-state index in [0.29, 0.717) is 0 Å². The van der Waals surface area contributed by atoms with Crippen molar-refractivity contribution in [1.82, 2.24) is 0 Å². The summed E-state index contributed by atoms with van der Waals surface area (Å²) < 4.78 is 5.97. The van der Waals surface area contributed by atoms with E-state index < -0.39 is 0 Å². The molecule has 2 aliphatic rings. The molecule has 2 heteroatoms. The number of hydrogen-bond donors (Lipinski definition) is 1. The van der Waals surface area contributed by atoms with E-state index in [1.807, 2.05) is 0 Å². The average molecular weight is 259 g/mol. The van der Waals surface area contributed by atoms with Gasteiger partial charge < -0.3 is 10.5 Å². The number of nitrogens with two attached hydrogens (primary N) is 1. The lowest BCUT2D eigenvalue weighted by molar-refractivity contribution is 0.195. The maximum absolute atomic E-state index is 6.02. The van der Waals surface area contributed by atoms with Gasteiger partial charge in [0, 0.05) is 6.04 Å². The van der Waals surface area contributed by atoms with E-state index in [4.69, 9.17) is 10.5 Å². The molecule has 0 aliphatic heterocycles. The monoisotopic (exact) mass is 259 g/mol. The van der Waals surface area contributed by atoms with Crippen LogP contribution in [0.1, 0.15) is 50.6 Å². The Labute approximate surface area is 116 Å². The Morgan fingerprint density at radius 2 is 2.00 bits per heavy atom. The summed E-state index contributed by atoms with van der Waals surface area (Å²) in [6.45, 7) is 3.02. The smallest absolute Gasteiger partial charge is 0.119 e. The molecule has 3 unspecified atom stereocenters. The summed E-state index contributed by atoms with van der Waals surface area (Å²) in [6, 6.07) is 8.49. The van der Waals surface area contributed by atoms with Crippen LogP contribution in [0.5, 0.6) is 5.75 Å². The molecule has 2 nitrogen and oxygen atoms in total. The normalized spacial score (nSPS) is 30.5. The van der Waals surface area contributed by atoms with E-state index in [1.54, 1.807) is 0 Å². The van der Waals surface area contributed by atoms with Gasteiger partial charge in [-0.1, -0.05) is 25.5 Å². The fourth-order valence-electron chi connectivity index (χ4n) is 3.83. The lowest BCUT2D eigenvalue weighted by Gasteiger charge is -2.21. The topological polar surface area (TPSA) is 35.2 Å². The first-order valence-corrected chi connectivity index (χ1v) is 7.74. The molecular weight excluding hydrogens is 234 g/mol. The van der Waals surface area contributed by atoms with E-state index in [-0.39, 0.29) is 6.04 Å². The molecule has 2 N–H and O–H groups in total. The van der Waals surface area contributed by atoms with Crippen LogP contribution >= 0.6 is 0 Å². The van der Waals surface area contributed by atoms with E-state index in [9.17, 15) is 0 Å². The molecule has 0 spiro atoms. The van der Waals surface area contributed by atoms with Gasteiger partial charge in [0.15, 0.2) is 0 Å². The Balaban J connectivity index is 1.53. The molecule has 19 heavy (non-hydrogen) atoms. The van der Waals surface area contributed by atoms with Gasteiger partial charge in [-0.05, 0) is 61.1 Å². The van der Waals surface area contributed by atoms with Gasteiger partial charge in [0.1, 0.15) is 5.75 Å². The summed E-state index contributed by atoms with van der Waals surface area (Å²) in [7, 11) is 0. The lowest BCUT2D eigenvalue weighted by Crippen LogP contribution is -2.18. The first kappa shape index (κ1) is 13.0. The predicted octanol–water partition coefficient (Wildman–Crippen LogP) is 3.91. The van der Waals surface area contributed by atoms with E-state index in [2.05, 4.69) is 31.2 Å². The van der Waals surface area contributed by atoms with Gasteiger partial charge in [0.2, 0.25) is 0 Å². The molecule has 0 aromatic heterocycles. The van der Waals surface area contributed by atoms with Gasteiger partial charge in [0.05, 0.1) is 6.61 Å². The fourth-order valence-corrected chi connectivity index (χ4v) is 3.83. The summed E-state index contributed by atoms with van der Waals surface area (Å²) in [5, 5.41) is 0. The van der Waals surface area contributed by atoms with Crippen molar-refractivity contribution in [2.24, 2.45) is 23.5 Å². The summed E-state index contributed by atoms with van der Waals surface area (Å²) in [6.07, 6.45) is 6.72. The highest BCUT2D eigenvalue weighted by atomic mass is 16.5. The largest absolute Gasteiger partial charge is 0.493 e. The van der Waals surface area contributed by atoms with Crippen LogP contribution in [0.2, 0.25) is 0 Å². The molecule has 3 rings (SSSR count). The minimum absolute atomic E-state index is 0.152. The van der Waals surface area contributed by atoms with Crippen LogP contribution in [0.25, 0.3) is 0 Å². The third-order valence-electron chi connectivity index (χ3n) is 5.10. The van der Waals surface area contributed by atoms with Crippen molar-refractivity contribution in [3.8, 4) is 5.75 Å². The van der Waals surface area contributed by atoms with E-state index in [1.165, 1.54) is 31.2 Å². The Morgan fingerprint density at radius 3 is 2.58 bits per heavy atom. The first-order valence-electron chi connectivity index (χ1n) is 7.74. The fraction of sp³-hybridized carbons (Fsp3) is 0.647. The van der Waals surface area contributed by atoms with Crippen molar-refractivity contribution in [3.05, 3.63) is 29.8 Å². The maximum atomic E-state index is 6.02. The van der Waals surface area contributed by atoms with Gasteiger partial charge in [-0.2, -0.15) is 0 Å². The highest BCUT2D eigenvalue weighted by Crippen LogP contribution is 2.48. The molecule has 2 bridgehead atoms. The predicted molar refractivity (Wildman–Crippen MR) is 78.1 cm³/mol. The number of rotatable bonds is 5. The molecule has 2 saturated carbocycles. The van der Waals surface area contributed by atoms with Crippen molar-refractivity contribution in [2.45, 2.75) is 45.1 Å². The summed E-state index contributed by atoms with van der Waals surface area (Å²) in [4.78, 5) is 0. The molecule has 0 radical (unpaired) electrons. The molecule has 0 saturated heterocycles. The lowest BCUT2D eigenvalue weighted by atomic mass is 9.89. The van der Waals surface area contributed by atoms with Crippen LogP contribution in [0, 0.1) is 17.8 Å². The highest BCUT2D eigenvalue weighted by molar-refractivity contribution is 5.29. The SMILES string of the molecule is CC[C@@H](N)c1ccc(OCC2CC3CCC2C3)cc1. The summed E-state index contributed by atoms with van der Waals surface area (Å²) in [5.74, 6) is 3.74. The standard InChI is InChI=1S/C17H25NO/c1-2-17(18)13-5-7-16(8-6-13)19-11-15-10-12-3-4-14(15)9-12/h5-8,12,14-15,17H,2-4,9-11,18H2,1H3/t12?,14?,15?,17-/m1/s1. The minimum atomic E-state index is 0.152. The Bertz CT molecular complexity index is 414. The van der Waals surface area contributed by atoms with Gasteiger partial charge in [0.25, 0.3) is 0 Å². The molecule has 104 valence electrons. The number of hydrogen-bond acceptors (Lipinski definition) is 2. The second kappa shape index (κ2) is 5.54. The van der Waals surface area contributed by atoms with Crippen LogP contribution in [0.4, 0.5) is 0 Å². The van der Waals surface area contributed by atoms with Gasteiger partial charge >= 0.3 is 0 Å². The van der Waals surface area contributed by atoms with Crippen molar-refractivity contribution in [3.63, 3.8) is 0 Å². The van der Waals surface area contributed by atoms with Crippen LogP contribution in [-0.2, 0) is 0 Å². The second-order valence-electron chi connectivity index (χ2n) is 6.33. The van der Waals surface area contributed by atoms with Crippen molar-refractivity contribution in [1.29, 1.82) is 0 Å². The second-order valence-corrected chi connectivity index (χ2v) is 6.33. The number of benzene rings is 1. The number of ether oxygens (including phenoxy) is 1.